The lowest BCUT2D eigenvalue weighted by atomic mass is 9.76. The van der Waals surface area contributed by atoms with Gasteiger partial charge in [0.25, 0.3) is 0 Å². The van der Waals surface area contributed by atoms with Gasteiger partial charge in [-0.25, -0.2) is 9.59 Å². The molecule has 0 saturated carbocycles. The van der Waals surface area contributed by atoms with Crippen molar-refractivity contribution in [2.24, 2.45) is 0 Å². The normalized spacial score (nSPS) is 13.7. The number of carbonyl (C=O) groups is 2. The van der Waals surface area contributed by atoms with Crippen molar-refractivity contribution in [2.45, 2.75) is 57.8 Å². The number of ether oxygens (including phenoxy) is 2. The Morgan fingerprint density at radius 3 is 1.80 bits per heavy atom. The summed E-state index contributed by atoms with van der Waals surface area (Å²) in [6, 6.07) is 28.8. The molecule has 0 amide bonds. The summed E-state index contributed by atoms with van der Waals surface area (Å²) < 4.78 is 12.6. The molecule has 6 aromatic rings. The smallest absolute Gasteiger partial charge is 0.330 e. The number of esters is 2. The number of rotatable bonds is 7. The van der Waals surface area contributed by atoms with Crippen LogP contribution in [0.25, 0.3) is 54.6 Å². The lowest BCUT2D eigenvalue weighted by molar-refractivity contribution is -0.143. The molecule has 0 spiro atoms. The van der Waals surface area contributed by atoms with Crippen LogP contribution in [0, 0.1) is 0 Å². The average Bonchev–Trinajstić information content (AvgIpc) is 3.36. The van der Waals surface area contributed by atoms with Gasteiger partial charge in [0, 0.05) is 22.2 Å². The molecule has 4 nitrogen and oxygen atoms in total. The Hall–Kier alpha value is -4.74. The van der Waals surface area contributed by atoms with Crippen LogP contribution in [0.5, 0.6) is 0 Å². The first-order valence-corrected chi connectivity index (χ1v) is 17.8. The van der Waals surface area contributed by atoms with Crippen LogP contribution in [0.4, 0.5) is 0 Å². The summed E-state index contributed by atoms with van der Waals surface area (Å²) in [7, 11) is 0. The van der Waals surface area contributed by atoms with E-state index in [0.717, 1.165) is 61.0 Å². The van der Waals surface area contributed by atoms with Crippen LogP contribution < -0.4 is 0 Å². The monoisotopic (exact) mass is 724 g/mol. The Morgan fingerprint density at radius 2 is 1.20 bits per heavy atom. The van der Waals surface area contributed by atoms with Gasteiger partial charge in [-0.15, -0.1) is 0 Å². The molecule has 1 aliphatic rings. The van der Waals surface area contributed by atoms with Crippen LogP contribution in [-0.2, 0) is 35.3 Å². The van der Waals surface area contributed by atoms with E-state index in [-0.39, 0.29) is 24.0 Å². The fourth-order valence-corrected chi connectivity index (χ4v) is 8.20. The molecule has 0 radical (unpaired) electrons. The van der Waals surface area contributed by atoms with Gasteiger partial charge in [-0.2, -0.15) is 0 Å². The third kappa shape index (κ3) is 5.43. The van der Waals surface area contributed by atoms with E-state index in [1.165, 1.54) is 32.5 Å². The summed E-state index contributed by atoms with van der Waals surface area (Å²) in [6.07, 6.45) is 2.32. The van der Waals surface area contributed by atoms with Crippen molar-refractivity contribution >= 4 is 60.2 Å². The highest BCUT2D eigenvalue weighted by Gasteiger charge is 2.47. The fraction of sp³-hybridized carbons (Fsp3) is 0.244. The molecule has 0 bridgehead atoms. The Bertz CT molecular complexity index is 2340. The average molecular weight is 726 g/mol. The molecule has 0 heterocycles. The third-order valence-electron chi connectivity index (χ3n) is 10.3. The van der Waals surface area contributed by atoms with Gasteiger partial charge >= 0.3 is 11.9 Å². The number of hydrogen-bond acceptors (Lipinski definition) is 4. The third-order valence-corrected chi connectivity index (χ3v) is 10.9. The summed E-state index contributed by atoms with van der Waals surface area (Å²) >= 11 is 3.90. The molecule has 5 heteroatoms. The van der Waals surface area contributed by atoms with Gasteiger partial charge in [0.05, 0.1) is 5.41 Å². The second kappa shape index (κ2) is 11.9. The Balaban J connectivity index is 1.48. The van der Waals surface area contributed by atoms with Crippen LogP contribution in [-0.4, -0.2) is 25.2 Å². The van der Waals surface area contributed by atoms with Crippen molar-refractivity contribution in [3.63, 3.8) is 0 Å². The predicted octanol–water partition coefficient (Wildman–Crippen LogP) is 11.3. The zero-order valence-corrected chi connectivity index (χ0v) is 31.1. The van der Waals surface area contributed by atoms with Crippen LogP contribution in [0.3, 0.4) is 0 Å². The molecule has 0 N–H and O–H groups in total. The quantitative estimate of drug-likeness (QED) is 0.0934. The van der Waals surface area contributed by atoms with E-state index >= 15 is 0 Å². The molecule has 50 heavy (non-hydrogen) atoms. The summed E-state index contributed by atoms with van der Waals surface area (Å²) in [5.74, 6) is -1.09. The van der Waals surface area contributed by atoms with Gasteiger partial charge in [0.2, 0.25) is 0 Å². The molecule has 6 aromatic carbocycles. The van der Waals surface area contributed by atoms with Gasteiger partial charge in [-0.05, 0) is 94.2 Å². The Morgan fingerprint density at radius 1 is 0.660 bits per heavy atom. The lowest BCUT2D eigenvalue weighted by Gasteiger charge is -2.32. The standard InChI is InChI=1S/C45H41BrO4/c1-9-38(47)49-24-45(25-50-39(48)10-2)35-21-27(14-18-34(35)42-36(45)22-31(23-37(42)46)44(6,7)8)32-16-13-26-11-12-28-19-30(43(3,4)5)20-29-15-17-33(32)41(26)40(28)29/h9-23H,1-2,24-25H2,3-8H3. The Kier molecular flexibility index (Phi) is 8.06. The maximum atomic E-state index is 12.6. The van der Waals surface area contributed by atoms with Crippen LogP contribution in [0.1, 0.15) is 63.8 Å². The Labute approximate surface area is 302 Å². The zero-order valence-electron chi connectivity index (χ0n) is 29.5. The van der Waals surface area contributed by atoms with Crippen molar-refractivity contribution in [1.29, 1.82) is 0 Å². The minimum atomic E-state index is -0.991. The van der Waals surface area contributed by atoms with Crippen LogP contribution in [0.2, 0.25) is 0 Å². The molecule has 0 aromatic heterocycles. The zero-order chi connectivity index (χ0) is 35.7. The van der Waals surface area contributed by atoms with Crippen molar-refractivity contribution in [3.05, 3.63) is 131 Å². The summed E-state index contributed by atoms with van der Waals surface area (Å²) in [5.41, 5.74) is 7.25. The molecule has 1 aliphatic carbocycles. The number of fused-ring (bicyclic) bond motifs is 3. The van der Waals surface area contributed by atoms with Crippen molar-refractivity contribution in [3.8, 4) is 22.3 Å². The number of benzene rings is 6. The molecule has 0 saturated heterocycles. The second-order valence-corrected chi connectivity index (χ2v) is 16.4. The second-order valence-electron chi connectivity index (χ2n) is 15.5. The summed E-state index contributed by atoms with van der Waals surface area (Å²) in [4.78, 5) is 25.3. The lowest BCUT2D eigenvalue weighted by Crippen LogP contribution is -2.38. The highest BCUT2D eigenvalue weighted by atomic mass is 79.9. The maximum absolute atomic E-state index is 12.6. The molecule has 7 rings (SSSR count). The van der Waals surface area contributed by atoms with Crippen LogP contribution >= 0.6 is 15.9 Å². The minimum absolute atomic E-state index is 0.0345. The highest BCUT2D eigenvalue weighted by Crippen LogP contribution is 2.54. The first-order valence-electron chi connectivity index (χ1n) is 17.0. The molecule has 0 unspecified atom stereocenters. The van der Waals surface area contributed by atoms with E-state index in [0.29, 0.717) is 0 Å². The van der Waals surface area contributed by atoms with Crippen LogP contribution in [0.15, 0.2) is 109 Å². The van der Waals surface area contributed by atoms with Crippen molar-refractivity contribution < 1.29 is 19.1 Å². The molecule has 0 fully saturated rings. The first kappa shape index (κ1) is 33.7. The van der Waals surface area contributed by atoms with E-state index in [4.69, 9.17) is 9.47 Å². The molecular weight excluding hydrogens is 684 g/mol. The van der Waals surface area contributed by atoms with Crippen molar-refractivity contribution in [2.75, 3.05) is 13.2 Å². The SMILES string of the molecule is C=CC(=O)OCC1(COC(=O)C=C)c2cc(-c3ccc4ccc5cc(C(C)(C)C)cc6ccc3c4c56)ccc2-c2c(Br)cc(C(C)(C)C)cc21. The summed E-state index contributed by atoms with van der Waals surface area (Å²) in [6.45, 7) is 20.4. The van der Waals surface area contributed by atoms with E-state index in [1.807, 2.05) is 0 Å². The summed E-state index contributed by atoms with van der Waals surface area (Å²) in [5, 5.41) is 7.34. The van der Waals surface area contributed by atoms with Crippen molar-refractivity contribution in [1.82, 2.24) is 0 Å². The predicted molar refractivity (Wildman–Crippen MR) is 209 cm³/mol. The van der Waals surface area contributed by atoms with E-state index in [2.05, 4.69) is 149 Å². The number of halogens is 1. The largest absolute Gasteiger partial charge is 0.461 e. The van der Waals surface area contributed by atoms with E-state index < -0.39 is 17.4 Å². The molecular formula is C45H41BrO4. The van der Waals surface area contributed by atoms with E-state index in [9.17, 15) is 9.59 Å². The highest BCUT2D eigenvalue weighted by molar-refractivity contribution is 9.10. The topological polar surface area (TPSA) is 52.6 Å². The fourth-order valence-electron chi connectivity index (χ4n) is 7.52. The van der Waals surface area contributed by atoms with Gasteiger partial charge in [-0.1, -0.05) is 137 Å². The number of hydrogen-bond donors (Lipinski definition) is 0. The first-order chi connectivity index (χ1) is 23.7. The molecule has 252 valence electrons. The van der Waals surface area contributed by atoms with Gasteiger partial charge in [-0.3, -0.25) is 0 Å². The molecule has 0 atom stereocenters. The van der Waals surface area contributed by atoms with Gasteiger partial charge in [0.1, 0.15) is 13.2 Å². The molecule has 0 aliphatic heterocycles. The number of carbonyl (C=O) groups excluding carboxylic acids is 2. The minimum Gasteiger partial charge on any atom is -0.461 e. The van der Waals surface area contributed by atoms with Gasteiger partial charge < -0.3 is 9.47 Å². The van der Waals surface area contributed by atoms with Gasteiger partial charge in [0.15, 0.2) is 0 Å². The van der Waals surface area contributed by atoms with E-state index in [1.54, 1.807) is 0 Å². The maximum Gasteiger partial charge on any atom is 0.330 e.